The van der Waals surface area contributed by atoms with Gasteiger partial charge in [0.05, 0.1) is 0 Å². The number of amides is 1. The standard InChI is InChI=1S/C15H21NO2/c1-4-5-6-13-15(2,3)11-9-10(14(16)17)7-8-12(11)18-13/h7-9,13H,4-6H2,1-3H3,(H2,16,17). The maximum absolute atomic E-state index is 11.2. The zero-order chi connectivity index (χ0) is 13.3. The molecule has 0 fully saturated rings. The van der Waals surface area contributed by atoms with Gasteiger partial charge >= 0.3 is 0 Å². The molecule has 98 valence electrons. The molecule has 1 aromatic rings. The van der Waals surface area contributed by atoms with Crippen molar-refractivity contribution in [3.05, 3.63) is 29.3 Å². The van der Waals surface area contributed by atoms with Crippen LogP contribution in [-0.4, -0.2) is 12.0 Å². The molecule has 0 saturated heterocycles. The Hall–Kier alpha value is -1.51. The molecule has 1 heterocycles. The SMILES string of the molecule is CCCCC1Oc2ccc(C(N)=O)cc2C1(C)C. The van der Waals surface area contributed by atoms with Gasteiger partial charge in [0.1, 0.15) is 11.9 Å². The summed E-state index contributed by atoms with van der Waals surface area (Å²) in [5.74, 6) is 0.511. The molecule has 1 amide bonds. The van der Waals surface area contributed by atoms with Gasteiger partial charge in [-0.1, -0.05) is 33.6 Å². The number of unbranched alkanes of at least 4 members (excludes halogenated alkanes) is 1. The highest BCUT2D eigenvalue weighted by molar-refractivity contribution is 5.93. The van der Waals surface area contributed by atoms with Gasteiger partial charge in [-0.15, -0.1) is 0 Å². The Morgan fingerprint density at radius 2 is 2.17 bits per heavy atom. The second-order valence-corrected chi connectivity index (χ2v) is 5.55. The lowest BCUT2D eigenvalue weighted by Crippen LogP contribution is -2.32. The summed E-state index contributed by atoms with van der Waals surface area (Å²) >= 11 is 0. The molecule has 0 aliphatic carbocycles. The summed E-state index contributed by atoms with van der Waals surface area (Å²) in [6, 6.07) is 5.48. The predicted octanol–water partition coefficient (Wildman–Crippen LogP) is 3.01. The highest BCUT2D eigenvalue weighted by atomic mass is 16.5. The van der Waals surface area contributed by atoms with Gasteiger partial charge in [-0.2, -0.15) is 0 Å². The topological polar surface area (TPSA) is 52.3 Å². The molecule has 18 heavy (non-hydrogen) atoms. The fourth-order valence-electron chi connectivity index (χ4n) is 2.57. The number of fused-ring (bicyclic) bond motifs is 1. The van der Waals surface area contributed by atoms with Gasteiger partial charge in [-0.3, -0.25) is 4.79 Å². The quantitative estimate of drug-likeness (QED) is 0.889. The summed E-state index contributed by atoms with van der Waals surface area (Å²) < 4.78 is 6.01. The zero-order valence-corrected chi connectivity index (χ0v) is 11.3. The minimum absolute atomic E-state index is 0.0596. The maximum atomic E-state index is 11.2. The first-order chi connectivity index (χ1) is 8.46. The molecule has 0 bridgehead atoms. The average Bonchev–Trinajstić information content (AvgIpc) is 2.58. The van der Waals surface area contributed by atoms with Crippen molar-refractivity contribution in [2.24, 2.45) is 5.73 Å². The zero-order valence-electron chi connectivity index (χ0n) is 11.3. The van der Waals surface area contributed by atoms with E-state index < -0.39 is 0 Å². The number of benzene rings is 1. The molecule has 2 N–H and O–H groups in total. The molecule has 1 aliphatic rings. The van der Waals surface area contributed by atoms with Crippen molar-refractivity contribution < 1.29 is 9.53 Å². The van der Waals surface area contributed by atoms with Crippen molar-refractivity contribution in [2.75, 3.05) is 0 Å². The molecule has 1 atom stereocenters. The van der Waals surface area contributed by atoms with Crippen LogP contribution in [0, 0.1) is 0 Å². The van der Waals surface area contributed by atoms with Crippen molar-refractivity contribution in [1.29, 1.82) is 0 Å². The van der Waals surface area contributed by atoms with E-state index in [1.165, 1.54) is 6.42 Å². The van der Waals surface area contributed by atoms with Crippen LogP contribution in [0.2, 0.25) is 0 Å². The Morgan fingerprint density at radius 3 is 2.78 bits per heavy atom. The smallest absolute Gasteiger partial charge is 0.248 e. The lowest BCUT2D eigenvalue weighted by molar-refractivity contribution is 0.1000. The van der Waals surface area contributed by atoms with Crippen molar-refractivity contribution >= 4 is 5.91 Å². The third-order valence-electron chi connectivity index (χ3n) is 3.85. The molecule has 0 aromatic heterocycles. The Kier molecular flexibility index (Phi) is 3.33. The molecule has 1 aromatic carbocycles. The second-order valence-electron chi connectivity index (χ2n) is 5.55. The first kappa shape index (κ1) is 12.9. The van der Waals surface area contributed by atoms with E-state index in [9.17, 15) is 4.79 Å². The van der Waals surface area contributed by atoms with Gasteiger partial charge in [0, 0.05) is 16.5 Å². The number of carbonyl (C=O) groups is 1. The molecule has 3 heteroatoms. The number of hydrogen-bond donors (Lipinski definition) is 1. The molecule has 1 aliphatic heterocycles. The number of rotatable bonds is 4. The van der Waals surface area contributed by atoms with Gasteiger partial charge in [0.15, 0.2) is 0 Å². The molecule has 1 unspecified atom stereocenters. The highest BCUT2D eigenvalue weighted by Crippen LogP contribution is 2.44. The third kappa shape index (κ3) is 2.09. The fourth-order valence-corrected chi connectivity index (χ4v) is 2.57. The van der Waals surface area contributed by atoms with E-state index in [2.05, 4.69) is 20.8 Å². The van der Waals surface area contributed by atoms with Crippen LogP contribution in [0.3, 0.4) is 0 Å². The summed E-state index contributed by atoms with van der Waals surface area (Å²) in [6.45, 7) is 6.52. The normalized spacial score (nSPS) is 20.3. The summed E-state index contributed by atoms with van der Waals surface area (Å²) in [5.41, 5.74) is 6.93. The van der Waals surface area contributed by atoms with E-state index in [1.807, 2.05) is 12.1 Å². The van der Waals surface area contributed by atoms with Crippen LogP contribution in [0.25, 0.3) is 0 Å². The van der Waals surface area contributed by atoms with Crippen molar-refractivity contribution in [3.63, 3.8) is 0 Å². The van der Waals surface area contributed by atoms with Crippen molar-refractivity contribution in [3.8, 4) is 5.75 Å². The number of primary amides is 1. The largest absolute Gasteiger partial charge is 0.489 e. The highest BCUT2D eigenvalue weighted by Gasteiger charge is 2.41. The van der Waals surface area contributed by atoms with Gasteiger partial charge in [0.2, 0.25) is 5.91 Å². The Morgan fingerprint density at radius 1 is 1.44 bits per heavy atom. The van der Waals surface area contributed by atoms with Gasteiger partial charge in [-0.05, 0) is 24.6 Å². The summed E-state index contributed by atoms with van der Waals surface area (Å²) in [6.07, 6.45) is 3.56. The average molecular weight is 247 g/mol. The Labute approximate surface area is 108 Å². The maximum Gasteiger partial charge on any atom is 0.248 e. The van der Waals surface area contributed by atoms with Gasteiger partial charge in [-0.25, -0.2) is 0 Å². The monoisotopic (exact) mass is 247 g/mol. The van der Waals surface area contributed by atoms with Crippen LogP contribution in [-0.2, 0) is 5.41 Å². The fraction of sp³-hybridized carbons (Fsp3) is 0.533. The number of hydrogen-bond acceptors (Lipinski definition) is 2. The van der Waals surface area contributed by atoms with Crippen LogP contribution >= 0.6 is 0 Å². The minimum atomic E-state index is -0.384. The molecule has 2 rings (SSSR count). The van der Waals surface area contributed by atoms with E-state index in [1.54, 1.807) is 6.07 Å². The Balaban J connectivity index is 2.32. The lowest BCUT2D eigenvalue weighted by Gasteiger charge is -2.25. The van der Waals surface area contributed by atoms with Crippen LogP contribution in [0.4, 0.5) is 0 Å². The predicted molar refractivity (Wildman–Crippen MR) is 71.9 cm³/mol. The Bertz CT molecular complexity index is 466. The van der Waals surface area contributed by atoms with Crippen LogP contribution in [0.15, 0.2) is 18.2 Å². The number of carbonyl (C=O) groups excluding carboxylic acids is 1. The van der Waals surface area contributed by atoms with Crippen molar-refractivity contribution in [2.45, 2.75) is 51.6 Å². The summed E-state index contributed by atoms with van der Waals surface area (Å²) in [4.78, 5) is 11.2. The molecule has 0 spiro atoms. The summed E-state index contributed by atoms with van der Waals surface area (Å²) in [7, 11) is 0. The van der Waals surface area contributed by atoms with E-state index >= 15 is 0 Å². The summed E-state index contributed by atoms with van der Waals surface area (Å²) in [5, 5.41) is 0. The number of nitrogens with two attached hydrogens (primary N) is 1. The van der Waals surface area contributed by atoms with Gasteiger partial charge in [0.25, 0.3) is 0 Å². The lowest BCUT2D eigenvalue weighted by atomic mass is 9.79. The molecule has 0 saturated carbocycles. The van der Waals surface area contributed by atoms with E-state index in [0.717, 1.165) is 24.2 Å². The molecule has 0 radical (unpaired) electrons. The number of ether oxygens (including phenoxy) is 1. The van der Waals surface area contributed by atoms with E-state index in [0.29, 0.717) is 5.56 Å². The van der Waals surface area contributed by atoms with Crippen LogP contribution in [0.5, 0.6) is 5.75 Å². The first-order valence-corrected chi connectivity index (χ1v) is 6.57. The first-order valence-electron chi connectivity index (χ1n) is 6.57. The molecule has 3 nitrogen and oxygen atoms in total. The van der Waals surface area contributed by atoms with E-state index in [4.69, 9.17) is 10.5 Å². The van der Waals surface area contributed by atoms with Crippen LogP contribution < -0.4 is 10.5 Å². The van der Waals surface area contributed by atoms with Crippen molar-refractivity contribution in [1.82, 2.24) is 0 Å². The molecular formula is C15H21NO2. The minimum Gasteiger partial charge on any atom is -0.489 e. The second kappa shape index (κ2) is 4.63. The van der Waals surface area contributed by atoms with Crippen LogP contribution in [0.1, 0.15) is 56.0 Å². The third-order valence-corrected chi connectivity index (χ3v) is 3.85. The van der Waals surface area contributed by atoms with Gasteiger partial charge < -0.3 is 10.5 Å². The van der Waals surface area contributed by atoms with E-state index in [-0.39, 0.29) is 17.4 Å². The molecular weight excluding hydrogens is 226 g/mol.